The van der Waals surface area contributed by atoms with Gasteiger partial charge in [-0.1, -0.05) is 11.8 Å². The summed E-state index contributed by atoms with van der Waals surface area (Å²) in [4.78, 5) is 23.7. The molecule has 0 saturated carbocycles. The van der Waals surface area contributed by atoms with E-state index in [1.165, 1.54) is 6.07 Å². The molecule has 34 heavy (non-hydrogen) atoms. The second kappa shape index (κ2) is 10.4. The Bertz CT molecular complexity index is 1150. The average molecular weight is 484 g/mol. The van der Waals surface area contributed by atoms with Gasteiger partial charge in [0.1, 0.15) is 17.2 Å². The van der Waals surface area contributed by atoms with E-state index < -0.39 is 46.6 Å². The normalized spacial score (nSPS) is 11.2. The summed E-state index contributed by atoms with van der Waals surface area (Å²) in [5.41, 5.74) is -3.21. The van der Waals surface area contributed by atoms with Crippen molar-refractivity contribution in [2.24, 2.45) is 0 Å². The molecule has 0 radical (unpaired) electrons. The highest BCUT2D eigenvalue weighted by Gasteiger charge is 2.36. The zero-order valence-corrected chi connectivity index (χ0v) is 18.6. The van der Waals surface area contributed by atoms with Gasteiger partial charge in [0, 0.05) is 0 Å². The number of carbonyl (C=O) groups is 2. The van der Waals surface area contributed by atoms with Crippen LogP contribution in [0.3, 0.4) is 0 Å². The van der Waals surface area contributed by atoms with Crippen LogP contribution in [0.5, 0.6) is 0 Å². The standard InChI is InChI=1S/C23H21F5N2O4/c1-22(2,3)34-21(32)29-9-5-6-13-10-14(24)7-8-18(13)30-19-12-17(25)16(23(26,27)28)11-15(19)20(31)33-4/h7-8,10-12,30H,9H2,1-4H3,(H,29,32). The lowest BCUT2D eigenvalue weighted by Crippen LogP contribution is -2.32. The summed E-state index contributed by atoms with van der Waals surface area (Å²) in [7, 11) is 0.954. The molecule has 2 N–H and O–H groups in total. The molecule has 2 aromatic rings. The van der Waals surface area contributed by atoms with Crippen molar-refractivity contribution in [3.8, 4) is 11.8 Å². The van der Waals surface area contributed by atoms with Gasteiger partial charge in [0.2, 0.25) is 0 Å². The molecule has 0 spiro atoms. The van der Waals surface area contributed by atoms with Crippen molar-refractivity contribution in [1.29, 1.82) is 0 Å². The Labute approximate surface area is 192 Å². The van der Waals surface area contributed by atoms with Crippen molar-refractivity contribution in [3.05, 3.63) is 58.7 Å². The number of nitrogens with one attached hydrogen (secondary N) is 2. The van der Waals surface area contributed by atoms with E-state index in [0.717, 1.165) is 19.2 Å². The van der Waals surface area contributed by atoms with Gasteiger partial charge in [0.05, 0.1) is 41.7 Å². The highest BCUT2D eigenvalue weighted by atomic mass is 19.4. The van der Waals surface area contributed by atoms with Crippen LogP contribution in [0.25, 0.3) is 0 Å². The lowest BCUT2D eigenvalue weighted by molar-refractivity contribution is -0.140. The zero-order chi connectivity index (χ0) is 25.7. The van der Waals surface area contributed by atoms with Crippen molar-refractivity contribution in [2.45, 2.75) is 32.5 Å². The number of rotatable bonds is 4. The Kier molecular flexibility index (Phi) is 8.10. The Hall–Kier alpha value is -3.81. The summed E-state index contributed by atoms with van der Waals surface area (Å²) in [6, 6.07) is 4.06. The third-order valence-electron chi connectivity index (χ3n) is 4.01. The molecule has 182 valence electrons. The lowest BCUT2D eigenvalue weighted by Gasteiger charge is -2.19. The van der Waals surface area contributed by atoms with Gasteiger partial charge in [-0.25, -0.2) is 18.4 Å². The number of hydrogen-bond acceptors (Lipinski definition) is 5. The van der Waals surface area contributed by atoms with Crippen LogP contribution < -0.4 is 10.6 Å². The maximum absolute atomic E-state index is 14.2. The van der Waals surface area contributed by atoms with Crippen LogP contribution in [0.15, 0.2) is 30.3 Å². The predicted octanol–water partition coefficient (Wildman–Crippen LogP) is 5.39. The highest BCUT2D eigenvalue weighted by molar-refractivity contribution is 5.97. The fourth-order valence-corrected chi connectivity index (χ4v) is 2.62. The summed E-state index contributed by atoms with van der Waals surface area (Å²) in [6.45, 7) is 4.87. The second-order valence-electron chi connectivity index (χ2n) is 7.84. The number of ether oxygens (including phenoxy) is 2. The molecule has 11 heteroatoms. The number of carbonyl (C=O) groups excluding carboxylic acids is 2. The minimum atomic E-state index is -5.04. The molecule has 0 aliphatic carbocycles. The van der Waals surface area contributed by atoms with Crippen LogP contribution in [0.2, 0.25) is 0 Å². The fourth-order valence-electron chi connectivity index (χ4n) is 2.62. The lowest BCUT2D eigenvalue weighted by atomic mass is 10.1. The van der Waals surface area contributed by atoms with E-state index in [1.807, 2.05) is 0 Å². The summed E-state index contributed by atoms with van der Waals surface area (Å²) in [5, 5.41) is 4.98. The number of benzene rings is 2. The van der Waals surface area contributed by atoms with Crippen LogP contribution in [-0.4, -0.2) is 31.3 Å². The van der Waals surface area contributed by atoms with Crippen molar-refractivity contribution in [1.82, 2.24) is 5.32 Å². The number of anilines is 2. The van der Waals surface area contributed by atoms with Gasteiger partial charge in [-0.15, -0.1) is 0 Å². The monoisotopic (exact) mass is 484 g/mol. The molecule has 2 rings (SSSR count). The minimum Gasteiger partial charge on any atom is -0.465 e. The molecule has 0 unspecified atom stereocenters. The Morgan fingerprint density at radius 2 is 1.71 bits per heavy atom. The van der Waals surface area contributed by atoms with Crippen molar-refractivity contribution in [3.63, 3.8) is 0 Å². The molecule has 0 heterocycles. The van der Waals surface area contributed by atoms with Gasteiger partial charge in [0.15, 0.2) is 0 Å². The van der Waals surface area contributed by atoms with Gasteiger partial charge in [0.25, 0.3) is 0 Å². The third-order valence-corrected chi connectivity index (χ3v) is 4.01. The number of halogens is 5. The van der Waals surface area contributed by atoms with Gasteiger partial charge >= 0.3 is 18.2 Å². The van der Waals surface area contributed by atoms with Crippen LogP contribution >= 0.6 is 0 Å². The van der Waals surface area contributed by atoms with E-state index in [0.29, 0.717) is 12.1 Å². The van der Waals surface area contributed by atoms with Gasteiger partial charge in [-0.3, -0.25) is 0 Å². The SMILES string of the molecule is COC(=O)c1cc(C(F)(F)F)c(F)cc1Nc1ccc(F)cc1C#CCNC(=O)OC(C)(C)C. The van der Waals surface area contributed by atoms with Crippen LogP contribution in [0, 0.1) is 23.5 Å². The first-order valence-electron chi connectivity index (χ1n) is 9.72. The Morgan fingerprint density at radius 1 is 1.03 bits per heavy atom. The molecule has 0 atom stereocenters. The molecular formula is C23H21F5N2O4. The highest BCUT2D eigenvalue weighted by Crippen LogP contribution is 2.35. The van der Waals surface area contributed by atoms with Gasteiger partial charge in [-0.2, -0.15) is 13.2 Å². The van der Waals surface area contributed by atoms with E-state index in [-0.39, 0.29) is 23.5 Å². The predicted molar refractivity (Wildman–Crippen MR) is 114 cm³/mol. The molecule has 1 amide bonds. The van der Waals surface area contributed by atoms with Crippen molar-refractivity contribution >= 4 is 23.4 Å². The number of hydrogen-bond donors (Lipinski definition) is 2. The van der Waals surface area contributed by atoms with E-state index in [1.54, 1.807) is 20.8 Å². The fraction of sp³-hybridized carbons (Fsp3) is 0.304. The molecule has 0 aliphatic rings. The topological polar surface area (TPSA) is 76.7 Å². The smallest absolute Gasteiger partial charge is 0.419 e. The minimum absolute atomic E-state index is 0.0297. The summed E-state index contributed by atoms with van der Waals surface area (Å²) in [5.74, 6) is 1.72. The first-order chi connectivity index (χ1) is 15.7. The largest absolute Gasteiger partial charge is 0.465 e. The van der Waals surface area contributed by atoms with Gasteiger partial charge < -0.3 is 20.1 Å². The number of alkyl halides is 3. The maximum Gasteiger partial charge on any atom is 0.419 e. The van der Waals surface area contributed by atoms with E-state index in [9.17, 15) is 31.5 Å². The molecular weight excluding hydrogens is 463 g/mol. The molecule has 0 saturated heterocycles. The molecule has 0 bridgehead atoms. The third kappa shape index (κ3) is 7.37. The second-order valence-corrected chi connectivity index (χ2v) is 7.84. The zero-order valence-electron chi connectivity index (χ0n) is 18.6. The Morgan fingerprint density at radius 3 is 2.29 bits per heavy atom. The van der Waals surface area contributed by atoms with E-state index in [2.05, 4.69) is 27.2 Å². The van der Waals surface area contributed by atoms with Crippen LogP contribution in [-0.2, 0) is 15.7 Å². The molecule has 0 aliphatic heterocycles. The summed E-state index contributed by atoms with van der Waals surface area (Å²) >= 11 is 0. The maximum atomic E-state index is 14.2. The number of methoxy groups -OCH3 is 1. The van der Waals surface area contributed by atoms with Crippen molar-refractivity contribution in [2.75, 3.05) is 19.0 Å². The average Bonchev–Trinajstić information content (AvgIpc) is 2.70. The van der Waals surface area contributed by atoms with Gasteiger partial charge in [-0.05, 0) is 51.1 Å². The molecule has 0 fully saturated rings. The molecule has 2 aromatic carbocycles. The number of esters is 1. The quantitative estimate of drug-likeness (QED) is 0.346. The first kappa shape index (κ1) is 26.4. The number of alkyl carbamates (subject to hydrolysis) is 1. The first-order valence-corrected chi connectivity index (χ1v) is 9.72. The molecule has 6 nitrogen and oxygen atoms in total. The molecule has 0 aromatic heterocycles. The van der Waals surface area contributed by atoms with Crippen LogP contribution in [0.4, 0.5) is 38.1 Å². The van der Waals surface area contributed by atoms with Crippen LogP contribution in [0.1, 0.15) is 42.3 Å². The summed E-state index contributed by atoms with van der Waals surface area (Å²) in [6.07, 6.45) is -5.76. The van der Waals surface area contributed by atoms with E-state index >= 15 is 0 Å². The Balaban J connectivity index is 2.36. The van der Waals surface area contributed by atoms with E-state index in [4.69, 9.17) is 4.74 Å². The number of amides is 1. The summed E-state index contributed by atoms with van der Waals surface area (Å²) < 4.78 is 76.7. The van der Waals surface area contributed by atoms with Crippen molar-refractivity contribution < 1.29 is 41.0 Å².